The van der Waals surface area contributed by atoms with Gasteiger partial charge in [-0.1, -0.05) is 18.7 Å². The van der Waals surface area contributed by atoms with Gasteiger partial charge in [-0.15, -0.1) is 0 Å². The van der Waals surface area contributed by atoms with Crippen LogP contribution in [0.5, 0.6) is 5.88 Å². The van der Waals surface area contributed by atoms with Gasteiger partial charge in [-0.3, -0.25) is 4.90 Å². The third-order valence-corrected chi connectivity index (χ3v) is 4.43. The molecule has 8 heteroatoms. The van der Waals surface area contributed by atoms with Crippen LogP contribution in [0.4, 0.5) is 4.79 Å². The molecule has 1 aliphatic heterocycles. The smallest absolute Gasteiger partial charge is 0.411 e. The molecule has 0 saturated carbocycles. The number of hydrogen-bond acceptors (Lipinski definition) is 6. The highest BCUT2D eigenvalue weighted by molar-refractivity contribution is 6.28. The Labute approximate surface area is 168 Å². The van der Waals surface area contributed by atoms with Gasteiger partial charge in [0.25, 0.3) is 0 Å². The third-order valence-electron chi connectivity index (χ3n) is 4.26. The number of ether oxygens (including phenoxy) is 2. The zero-order chi connectivity index (χ0) is 20.5. The molecule has 1 saturated heterocycles. The summed E-state index contributed by atoms with van der Waals surface area (Å²) in [6.45, 7) is 9.30. The minimum absolute atomic E-state index is 0.0581. The van der Waals surface area contributed by atoms with Crippen LogP contribution in [0.25, 0.3) is 17.0 Å². The standard InChI is InChI=1S/C20H22ClN3O4/c1-5-12-6-7-16-15(8-12)17(23-18(21)22-16)27-14-9-13(11-25)24(10-14)19(26)28-20(2,3)4/h5-8,11,13-14H,1,9-10H2,2-4H3/t13-,14-/m0/s1. The fraction of sp³-hybridized carbons (Fsp3) is 0.400. The van der Waals surface area contributed by atoms with E-state index in [2.05, 4.69) is 16.5 Å². The van der Waals surface area contributed by atoms with Gasteiger partial charge in [0.2, 0.25) is 11.2 Å². The summed E-state index contributed by atoms with van der Waals surface area (Å²) in [5.41, 5.74) is 0.867. The Hall–Kier alpha value is -2.67. The van der Waals surface area contributed by atoms with Gasteiger partial charge in [0.05, 0.1) is 23.5 Å². The molecule has 2 aromatic rings. The van der Waals surface area contributed by atoms with Crippen molar-refractivity contribution in [2.75, 3.05) is 6.54 Å². The zero-order valence-corrected chi connectivity index (χ0v) is 16.8. The maximum absolute atomic E-state index is 12.4. The van der Waals surface area contributed by atoms with Crippen molar-refractivity contribution in [2.45, 2.75) is 44.9 Å². The molecule has 1 amide bonds. The van der Waals surface area contributed by atoms with Gasteiger partial charge in [0.15, 0.2) is 0 Å². The summed E-state index contributed by atoms with van der Waals surface area (Å²) in [6.07, 6.45) is 1.81. The quantitative estimate of drug-likeness (QED) is 0.569. The molecule has 1 aromatic heterocycles. The number of likely N-dealkylation sites (tertiary alicyclic amines) is 1. The molecule has 0 aliphatic carbocycles. The van der Waals surface area contributed by atoms with E-state index in [4.69, 9.17) is 21.1 Å². The average molecular weight is 404 g/mol. The summed E-state index contributed by atoms with van der Waals surface area (Å²) in [7, 11) is 0. The number of amides is 1. The zero-order valence-electron chi connectivity index (χ0n) is 16.0. The van der Waals surface area contributed by atoms with Crippen molar-refractivity contribution in [3.8, 4) is 5.88 Å². The molecule has 1 aliphatic rings. The maximum atomic E-state index is 12.4. The van der Waals surface area contributed by atoms with Crippen molar-refractivity contribution in [2.24, 2.45) is 0 Å². The third kappa shape index (κ3) is 4.42. The first-order valence-electron chi connectivity index (χ1n) is 8.91. The summed E-state index contributed by atoms with van der Waals surface area (Å²) >= 11 is 6.03. The topological polar surface area (TPSA) is 81.6 Å². The Bertz CT molecular complexity index is 926. The van der Waals surface area contributed by atoms with E-state index in [0.717, 1.165) is 11.8 Å². The van der Waals surface area contributed by atoms with Gasteiger partial charge in [-0.25, -0.2) is 9.78 Å². The van der Waals surface area contributed by atoms with E-state index in [1.54, 1.807) is 26.8 Å². The van der Waals surface area contributed by atoms with Gasteiger partial charge in [-0.2, -0.15) is 4.98 Å². The number of carbonyl (C=O) groups excluding carboxylic acids is 2. The predicted molar refractivity (Wildman–Crippen MR) is 106 cm³/mol. The molecular weight excluding hydrogens is 382 g/mol. The second-order valence-corrected chi connectivity index (χ2v) is 7.93. The van der Waals surface area contributed by atoms with Crippen molar-refractivity contribution in [3.63, 3.8) is 0 Å². The molecule has 1 aromatic carbocycles. The van der Waals surface area contributed by atoms with Gasteiger partial charge < -0.3 is 14.3 Å². The number of benzene rings is 1. The molecule has 0 N–H and O–H groups in total. The van der Waals surface area contributed by atoms with E-state index >= 15 is 0 Å². The summed E-state index contributed by atoms with van der Waals surface area (Å²) in [5, 5.41) is 0.739. The first kappa shape index (κ1) is 20.1. The van der Waals surface area contributed by atoms with Crippen LogP contribution in [0.1, 0.15) is 32.8 Å². The highest BCUT2D eigenvalue weighted by atomic mass is 35.5. The predicted octanol–water partition coefficient (Wildman–Crippen LogP) is 3.88. The summed E-state index contributed by atoms with van der Waals surface area (Å²) < 4.78 is 11.4. The molecule has 0 radical (unpaired) electrons. The Morgan fingerprint density at radius 2 is 2.11 bits per heavy atom. The van der Waals surface area contributed by atoms with E-state index in [1.807, 2.05) is 18.2 Å². The highest BCUT2D eigenvalue weighted by Crippen LogP contribution is 2.29. The minimum atomic E-state index is -0.652. The lowest BCUT2D eigenvalue weighted by atomic mass is 10.1. The second kappa shape index (κ2) is 7.75. The fourth-order valence-electron chi connectivity index (χ4n) is 3.04. The van der Waals surface area contributed by atoms with Crippen molar-refractivity contribution in [3.05, 3.63) is 35.6 Å². The van der Waals surface area contributed by atoms with Crippen LogP contribution in [-0.2, 0) is 9.53 Å². The summed E-state index contributed by atoms with van der Waals surface area (Å²) in [5.74, 6) is 0.305. The van der Waals surface area contributed by atoms with E-state index in [0.29, 0.717) is 23.2 Å². The van der Waals surface area contributed by atoms with Crippen LogP contribution < -0.4 is 4.74 Å². The molecular formula is C20H22ClN3O4. The van der Waals surface area contributed by atoms with Crippen molar-refractivity contribution >= 4 is 41.0 Å². The molecule has 0 bridgehead atoms. The number of hydrogen-bond donors (Lipinski definition) is 0. The Balaban J connectivity index is 1.85. The van der Waals surface area contributed by atoms with Crippen molar-refractivity contribution < 1.29 is 19.1 Å². The number of nitrogens with zero attached hydrogens (tertiary/aromatic N) is 3. The second-order valence-electron chi connectivity index (χ2n) is 7.59. The lowest BCUT2D eigenvalue weighted by Crippen LogP contribution is -2.41. The van der Waals surface area contributed by atoms with Crippen LogP contribution in [0, 0.1) is 0 Å². The molecule has 0 unspecified atom stereocenters. The van der Waals surface area contributed by atoms with Gasteiger partial charge in [-0.05, 0) is 50.1 Å². The van der Waals surface area contributed by atoms with Gasteiger partial charge in [0, 0.05) is 6.42 Å². The minimum Gasteiger partial charge on any atom is -0.472 e. The number of halogens is 1. The van der Waals surface area contributed by atoms with Crippen LogP contribution >= 0.6 is 11.6 Å². The van der Waals surface area contributed by atoms with Crippen molar-refractivity contribution in [1.29, 1.82) is 0 Å². The van der Waals surface area contributed by atoms with Crippen LogP contribution in [0.15, 0.2) is 24.8 Å². The average Bonchev–Trinajstić information content (AvgIpc) is 3.03. The molecule has 7 nitrogen and oxygen atoms in total. The molecule has 3 rings (SSSR count). The fourth-order valence-corrected chi connectivity index (χ4v) is 3.20. The van der Waals surface area contributed by atoms with Crippen LogP contribution in [0.2, 0.25) is 5.28 Å². The van der Waals surface area contributed by atoms with Gasteiger partial charge in [0.1, 0.15) is 18.0 Å². The molecule has 0 spiro atoms. The Kier molecular flexibility index (Phi) is 5.56. The lowest BCUT2D eigenvalue weighted by Gasteiger charge is -2.26. The Morgan fingerprint density at radius 1 is 1.36 bits per heavy atom. The number of aldehydes is 1. The largest absolute Gasteiger partial charge is 0.472 e. The number of rotatable bonds is 4. The molecule has 2 atom stereocenters. The maximum Gasteiger partial charge on any atom is 0.411 e. The van der Waals surface area contributed by atoms with Crippen LogP contribution in [0.3, 0.4) is 0 Å². The van der Waals surface area contributed by atoms with Gasteiger partial charge >= 0.3 is 6.09 Å². The number of fused-ring (bicyclic) bond motifs is 1. The summed E-state index contributed by atoms with van der Waals surface area (Å²) in [6, 6.07) is 4.91. The first-order valence-corrected chi connectivity index (χ1v) is 9.29. The SMILES string of the molecule is C=Cc1ccc2nc(Cl)nc(O[C@H]3C[C@@H](C=O)N(C(=O)OC(C)(C)C)C3)c2c1. The Morgan fingerprint density at radius 3 is 2.75 bits per heavy atom. The molecule has 1 fully saturated rings. The molecule has 28 heavy (non-hydrogen) atoms. The van der Waals surface area contributed by atoms with E-state index in [9.17, 15) is 9.59 Å². The van der Waals surface area contributed by atoms with E-state index < -0.39 is 23.8 Å². The van der Waals surface area contributed by atoms with E-state index in [-0.39, 0.29) is 11.8 Å². The number of carbonyl (C=O) groups is 2. The summed E-state index contributed by atoms with van der Waals surface area (Å²) in [4.78, 5) is 33.7. The van der Waals surface area contributed by atoms with Crippen LogP contribution in [-0.4, -0.2) is 51.5 Å². The number of aromatic nitrogens is 2. The molecule has 148 valence electrons. The lowest BCUT2D eigenvalue weighted by molar-refractivity contribution is -0.111. The highest BCUT2D eigenvalue weighted by Gasteiger charge is 2.39. The monoisotopic (exact) mass is 403 g/mol. The molecule has 2 heterocycles. The normalized spacial score (nSPS) is 19.5. The first-order chi connectivity index (χ1) is 13.2. The van der Waals surface area contributed by atoms with E-state index in [1.165, 1.54) is 4.90 Å². The van der Waals surface area contributed by atoms with Crippen molar-refractivity contribution in [1.82, 2.24) is 14.9 Å².